The third kappa shape index (κ3) is 3.36. The minimum absolute atomic E-state index is 0.0777. The Labute approximate surface area is 173 Å². The number of likely N-dealkylation sites (N-methyl/N-ethyl adjacent to an activating group) is 1. The Morgan fingerprint density at radius 1 is 1.20 bits per heavy atom. The van der Waals surface area contributed by atoms with E-state index in [0.29, 0.717) is 6.54 Å². The maximum absolute atomic E-state index is 11.6. The summed E-state index contributed by atoms with van der Waals surface area (Å²) in [4.78, 5) is 43.9. The molecule has 4 amide bonds. The monoisotopic (exact) mass is 410 g/mol. The molecule has 156 valence electrons. The fraction of sp³-hybridized carbons (Fsp3) is 0.300. The molecule has 4 heterocycles. The van der Waals surface area contributed by atoms with Gasteiger partial charge in [0, 0.05) is 44.8 Å². The van der Waals surface area contributed by atoms with Gasteiger partial charge in [-0.1, -0.05) is 6.07 Å². The Hall–Kier alpha value is -3.82. The molecule has 5 rings (SSSR count). The van der Waals surface area contributed by atoms with E-state index in [9.17, 15) is 14.4 Å². The lowest BCUT2D eigenvalue weighted by atomic mass is 10.1. The van der Waals surface area contributed by atoms with Gasteiger partial charge in [0.25, 0.3) is 11.8 Å². The van der Waals surface area contributed by atoms with Crippen LogP contribution in [0.25, 0.3) is 0 Å². The van der Waals surface area contributed by atoms with Crippen LogP contribution >= 0.6 is 0 Å². The molecule has 1 fully saturated rings. The maximum Gasteiger partial charge on any atom is 0.322 e. The number of hydrogen-bond acceptors (Lipinski definition) is 7. The first kappa shape index (κ1) is 19.5. The number of hydrogen-bond donors (Lipinski definition) is 2. The zero-order valence-electron chi connectivity index (χ0n) is 16.8. The van der Waals surface area contributed by atoms with Crippen molar-refractivity contribution in [3.05, 3.63) is 53.5 Å². The molecule has 1 aromatic rings. The van der Waals surface area contributed by atoms with Gasteiger partial charge in [0.1, 0.15) is 5.75 Å². The number of urea groups is 1. The Kier molecular flexibility index (Phi) is 4.90. The van der Waals surface area contributed by atoms with E-state index in [1.165, 1.54) is 0 Å². The molecule has 2 unspecified atom stereocenters. The minimum atomic E-state index is -0.637. The Balaban J connectivity index is 0.000000151. The van der Waals surface area contributed by atoms with Gasteiger partial charge < -0.3 is 24.8 Å². The average molecular weight is 410 g/mol. The summed E-state index contributed by atoms with van der Waals surface area (Å²) in [6.45, 7) is 0.707. The molecule has 0 radical (unpaired) electrons. The van der Waals surface area contributed by atoms with Gasteiger partial charge in [-0.15, -0.1) is 0 Å². The van der Waals surface area contributed by atoms with Crippen molar-refractivity contribution in [2.24, 2.45) is 4.99 Å². The van der Waals surface area contributed by atoms with E-state index in [0.717, 1.165) is 22.6 Å². The van der Waals surface area contributed by atoms with Crippen LogP contribution in [0.3, 0.4) is 0 Å². The number of methoxy groups -OCH3 is 1. The summed E-state index contributed by atoms with van der Waals surface area (Å²) in [5.41, 5.74) is 2.57. The molecule has 0 bridgehead atoms. The second-order valence-corrected chi connectivity index (χ2v) is 7.18. The number of imide groups is 1. The molecule has 1 saturated heterocycles. The highest BCUT2D eigenvalue weighted by Gasteiger charge is 2.40. The highest BCUT2D eigenvalue weighted by Crippen LogP contribution is 2.27. The molecule has 10 heteroatoms. The molecule has 0 spiro atoms. The van der Waals surface area contributed by atoms with E-state index in [1.807, 2.05) is 47.5 Å². The van der Waals surface area contributed by atoms with Crippen molar-refractivity contribution in [2.75, 3.05) is 21.2 Å². The van der Waals surface area contributed by atoms with Crippen LogP contribution in [-0.4, -0.2) is 72.3 Å². The molecule has 10 nitrogen and oxygen atoms in total. The predicted molar refractivity (Wildman–Crippen MR) is 108 cm³/mol. The zero-order valence-corrected chi connectivity index (χ0v) is 16.8. The van der Waals surface area contributed by atoms with E-state index in [-0.39, 0.29) is 18.1 Å². The van der Waals surface area contributed by atoms with Gasteiger partial charge in [0.15, 0.2) is 6.04 Å². The quantitative estimate of drug-likeness (QED) is 0.686. The third-order valence-electron chi connectivity index (χ3n) is 5.24. The van der Waals surface area contributed by atoms with E-state index >= 15 is 0 Å². The summed E-state index contributed by atoms with van der Waals surface area (Å²) in [6.07, 6.45) is 7.04. The Morgan fingerprint density at radius 3 is 2.67 bits per heavy atom. The minimum Gasteiger partial charge on any atom is -0.497 e. The number of carbonyl (C=O) groups is 3. The summed E-state index contributed by atoms with van der Waals surface area (Å²) in [5, 5.41) is 4.79. The Morgan fingerprint density at radius 2 is 2.00 bits per heavy atom. The summed E-state index contributed by atoms with van der Waals surface area (Å²) >= 11 is 0. The van der Waals surface area contributed by atoms with Crippen LogP contribution in [0.1, 0.15) is 15.9 Å². The van der Waals surface area contributed by atoms with Crippen LogP contribution in [0.15, 0.2) is 47.4 Å². The van der Waals surface area contributed by atoms with Crippen molar-refractivity contribution < 1.29 is 19.1 Å². The summed E-state index contributed by atoms with van der Waals surface area (Å²) in [7, 11) is 5.24. The van der Waals surface area contributed by atoms with Gasteiger partial charge in [-0.25, -0.2) is 9.79 Å². The second-order valence-electron chi connectivity index (χ2n) is 7.18. The van der Waals surface area contributed by atoms with Gasteiger partial charge in [-0.3, -0.25) is 14.9 Å². The van der Waals surface area contributed by atoms with Gasteiger partial charge >= 0.3 is 6.03 Å². The molecule has 1 aromatic carbocycles. The summed E-state index contributed by atoms with van der Waals surface area (Å²) in [6, 6.07) is 4.52. The van der Waals surface area contributed by atoms with Crippen LogP contribution in [0, 0.1) is 0 Å². The number of benzene rings is 1. The third-order valence-corrected chi connectivity index (χ3v) is 5.24. The van der Waals surface area contributed by atoms with Crippen LogP contribution in [0.5, 0.6) is 5.75 Å². The lowest BCUT2D eigenvalue weighted by Gasteiger charge is -2.28. The second kappa shape index (κ2) is 7.54. The van der Waals surface area contributed by atoms with Crippen molar-refractivity contribution in [2.45, 2.75) is 18.9 Å². The van der Waals surface area contributed by atoms with Crippen molar-refractivity contribution in [1.29, 1.82) is 0 Å². The molecule has 0 aliphatic carbocycles. The van der Waals surface area contributed by atoms with Crippen LogP contribution < -0.4 is 15.4 Å². The lowest BCUT2D eigenvalue weighted by Crippen LogP contribution is -2.40. The van der Waals surface area contributed by atoms with Gasteiger partial charge in [0.05, 0.1) is 12.8 Å². The largest absolute Gasteiger partial charge is 0.497 e. The fourth-order valence-corrected chi connectivity index (χ4v) is 3.66. The average Bonchev–Trinajstić information content (AvgIpc) is 3.35. The molecule has 0 aromatic heterocycles. The first-order chi connectivity index (χ1) is 14.4. The maximum atomic E-state index is 11.6. The number of fused-ring (bicyclic) bond motifs is 2. The molecule has 2 N–H and O–H groups in total. The molecule has 4 aliphatic rings. The molecular formula is C20H22N6O4. The first-order valence-electron chi connectivity index (χ1n) is 9.34. The molecule has 2 atom stereocenters. The first-order valence-corrected chi connectivity index (χ1v) is 9.34. The SMILES string of the molecule is CN1C(C2NC(=O)NC2=O)=CN2C=CC=NC21.COc1ccc2c(c1)C(=O)N(C)C2. The number of ether oxygens (including phenoxy) is 1. The molecular weight excluding hydrogens is 388 g/mol. The lowest BCUT2D eigenvalue weighted by molar-refractivity contribution is -0.119. The fourth-order valence-electron chi connectivity index (χ4n) is 3.66. The highest BCUT2D eigenvalue weighted by atomic mass is 16.5. The summed E-state index contributed by atoms with van der Waals surface area (Å²) in [5.74, 6) is 0.484. The van der Waals surface area contributed by atoms with Gasteiger partial charge in [-0.2, -0.15) is 0 Å². The van der Waals surface area contributed by atoms with Gasteiger partial charge in [-0.05, 0) is 23.8 Å². The van der Waals surface area contributed by atoms with Crippen molar-refractivity contribution >= 4 is 24.1 Å². The van der Waals surface area contributed by atoms with E-state index < -0.39 is 12.1 Å². The van der Waals surface area contributed by atoms with Crippen molar-refractivity contribution in [3.63, 3.8) is 0 Å². The molecule has 4 aliphatic heterocycles. The highest BCUT2D eigenvalue weighted by molar-refractivity contribution is 6.05. The summed E-state index contributed by atoms with van der Waals surface area (Å²) < 4.78 is 5.05. The predicted octanol–water partition coefficient (Wildman–Crippen LogP) is 0.446. The van der Waals surface area contributed by atoms with Crippen LogP contribution in [-0.2, 0) is 11.3 Å². The van der Waals surface area contributed by atoms with Gasteiger partial charge in [0.2, 0.25) is 6.29 Å². The van der Waals surface area contributed by atoms with E-state index in [4.69, 9.17) is 4.74 Å². The van der Waals surface area contributed by atoms with Crippen molar-refractivity contribution in [1.82, 2.24) is 25.3 Å². The number of carbonyl (C=O) groups excluding carboxylic acids is 3. The number of aliphatic imine (C=N–C) groups is 1. The van der Waals surface area contributed by atoms with E-state index in [1.54, 1.807) is 31.3 Å². The normalized spacial score (nSPS) is 23.5. The van der Waals surface area contributed by atoms with Crippen molar-refractivity contribution in [3.8, 4) is 5.75 Å². The van der Waals surface area contributed by atoms with E-state index in [2.05, 4.69) is 15.6 Å². The standard InChI is InChI=1S/C10H11N5O2.C10H11NO2/c1-14-6(7-8(16)13-9(17)12-7)5-15-4-2-3-11-10(14)15;1-11-6-7-3-4-8(13-2)5-9(7)10(11)12/h2-5,7,10H,1H3,(H2,12,13,16,17);3-5H,6H2,1-2H3. The molecule has 30 heavy (non-hydrogen) atoms. The van der Waals surface area contributed by atoms with Crippen LogP contribution in [0.4, 0.5) is 4.79 Å². The number of rotatable bonds is 2. The number of amides is 4. The smallest absolute Gasteiger partial charge is 0.322 e. The zero-order chi connectivity index (χ0) is 21.4. The number of nitrogens with zero attached hydrogens (tertiary/aromatic N) is 4. The number of allylic oxidation sites excluding steroid dienone is 1. The topological polar surface area (TPSA) is 107 Å². The van der Waals surface area contributed by atoms with Crippen LogP contribution in [0.2, 0.25) is 0 Å². The number of nitrogens with one attached hydrogen (secondary N) is 2. The molecule has 0 saturated carbocycles. The Bertz CT molecular complexity index is 1000.